The van der Waals surface area contributed by atoms with E-state index in [1.165, 1.54) is 0 Å². The average Bonchev–Trinajstić information content (AvgIpc) is 1.88. The molecule has 1 atom stereocenters. The second kappa shape index (κ2) is 3.32. The first-order valence-electron chi connectivity index (χ1n) is 3.77. The summed E-state index contributed by atoms with van der Waals surface area (Å²) in [6, 6.07) is 0.752. The second-order valence-electron chi connectivity index (χ2n) is 3.13. The van der Waals surface area contributed by atoms with E-state index in [2.05, 4.69) is 18.7 Å². The van der Waals surface area contributed by atoms with Crippen LogP contribution in [0, 0.1) is 0 Å². The highest BCUT2D eigenvalue weighted by atomic mass is 16.5. The van der Waals surface area contributed by atoms with Crippen LogP contribution in [0.15, 0.2) is 0 Å². The van der Waals surface area contributed by atoms with Gasteiger partial charge in [-0.2, -0.15) is 0 Å². The van der Waals surface area contributed by atoms with E-state index < -0.39 is 0 Å². The maximum absolute atomic E-state index is 5.70. The molecule has 0 aromatic heterocycles. The van der Waals surface area contributed by atoms with Crippen molar-refractivity contribution in [3.8, 4) is 0 Å². The van der Waals surface area contributed by atoms with Crippen molar-refractivity contribution in [2.24, 2.45) is 5.73 Å². The summed E-state index contributed by atoms with van der Waals surface area (Å²) in [5, 5.41) is 0. The zero-order valence-electron chi connectivity index (χ0n) is 6.71. The van der Waals surface area contributed by atoms with Gasteiger partial charge in [-0.1, -0.05) is 0 Å². The predicted octanol–water partition coefficient (Wildman–Crippen LogP) is 0.0118. The molecule has 0 radical (unpaired) electrons. The molecular formula is C7H16N2O. The Bertz CT molecular complexity index is 106. The van der Waals surface area contributed by atoms with E-state index in [4.69, 9.17) is 10.5 Å². The molecule has 1 heterocycles. The summed E-state index contributed by atoms with van der Waals surface area (Å²) >= 11 is 0. The molecule has 1 saturated heterocycles. The molecule has 1 aliphatic rings. The number of nitrogens with two attached hydrogens (primary N) is 1. The normalized spacial score (nSPS) is 29.4. The van der Waals surface area contributed by atoms with Crippen LogP contribution in [0.25, 0.3) is 0 Å². The standard InChI is InChI=1S/C7H16N2O/c1-6(2)9-3-7(8)4-10-5-9/h6-7H,3-5,8H2,1-2H3. The summed E-state index contributed by atoms with van der Waals surface area (Å²) in [6.45, 7) is 6.73. The molecule has 0 aliphatic carbocycles. The van der Waals surface area contributed by atoms with Crippen molar-refractivity contribution in [2.75, 3.05) is 19.9 Å². The number of hydrogen-bond acceptors (Lipinski definition) is 3. The van der Waals surface area contributed by atoms with Crippen LogP contribution in [0.3, 0.4) is 0 Å². The Hall–Kier alpha value is -0.120. The highest BCUT2D eigenvalue weighted by Crippen LogP contribution is 2.04. The monoisotopic (exact) mass is 144 g/mol. The van der Waals surface area contributed by atoms with Crippen molar-refractivity contribution in [3.05, 3.63) is 0 Å². The topological polar surface area (TPSA) is 38.5 Å². The van der Waals surface area contributed by atoms with Gasteiger partial charge in [-0.15, -0.1) is 0 Å². The number of rotatable bonds is 1. The number of hydrogen-bond donors (Lipinski definition) is 1. The van der Waals surface area contributed by atoms with Crippen LogP contribution in [0.1, 0.15) is 13.8 Å². The summed E-state index contributed by atoms with van der Waals surface area (Å²) < 4.78 is 5.26. The van der Waals surface area contributed by atoms with E-state index in [0.717, 1.165) is 13.3 Å². The van der Waals surface area contributed by atoms with Crippen molar-refractivity contribution in [1.82, 2.24) is 4.90 Å². The molecule has 3 nitrogen and oxygen atoms in total. The van der Waals surface area contributed by atoms with Crippen molar-refractivity contribution >= 4 is 0 Å². The van der Waals surface area contributed by atoms with Crippen LogP contribution in [0.4, 0.5) is 0 Å². The molecule has 1 rings (SSSR count). The van der Waals surface area contributed by atoms with E-state index in [0.29, 0.717) is 12.6 Å². The quantitative estimate of drug-likeness (QED) is 0.563. The zero-order valence-corrected chi connectivity index (χ0v) is 6.71. The molecule has 1 fully saturated rings. The lowest BCUT2D eigenvalue weighted by molar-refractivity contribution is -0.0389. The van der Waals surface area contributed by atoms with Crippen LogP contribution in [-0.2, 0) is 4.74 Å². The lowest BCUT2D eigenvalue weighted by Gasteiger charge is -2.33. The third-order valence-electron chi connectivity index (χ3n) is 1.79. The molecule has 1 aliphatic heterocycles. The first-order chi connectivity index (χ1) is 4.70. The van der Waals surface area contributed by atoms with E-state index >= 15 is 0 Å². The summed E-state index contributed by atoms with van der Waals surface area (Å²) in [6.07, 6.45) is 0. The van der Waals surface area contributed by atoms with Gasteiger partial charge in [-0.05, 0) is 13.8 Å². The first-order valence-corrected chi connectivity index (χ1v) is 3.77. The van der Waals surface area contributed by atoms with Crippen molar-refractivity contribution in [2.45, 2.75) is 25.9 Å². The van der Waals surface area contributed by atoms with Crippen molar-refractivity contribution < 1.29 is 4.74 Å². The fraction of sp³-hybridized carbons (Fsp3) is 1.00. The Morgan fingerprint density at radius 2 is 2.30 bits per heavy atom. The lowest BCUT2D eigenvalue weighted by atomic mass is 10.2. The van der Waals surface area contributed by atoms with Crippen LogP contribution in [0.2, 0.25) is 0 Å². The third kappa shape index (κ3) is 1.94. The molecule has 10 heavy (non-hydrogen) atoms. The number of nitrogens with zero attached hydrogens (tertiary/aromatic N) is 1. The highest BCUT2D eigenvalue weighted by Gasteiger charge is 2.18. The first kappa shape index (κ1) is 7.98. The number of ether oxygens (including phenoxy) is 1. The molecular weight excluding hydrogens is 128 g/mol. The Morgan fingerprint density at radius 3 is 2.70 bits per heavy atom. The molecule has 2 N–H and O–H groups in total. The van der Waals surface area contributed by atoms with Gasteiger partial charge in [0.1, 0.15) is 0 Å². The molecule has 1 unspecified atom stereocenters. The fourth-order valence-corrected chi connectivity index (χ4v) is 1.09. The maximum atomic E-state index is 5.70. The smallest absolute Gasteiger partial charge is 0.0993 e. The van der Waals surface area contributed by atoms with E-state index in [-0.39, 0.29) is 6.04 Å². The summed E-state index contributed by atoms with van der Waals surface area (Å²) in [5.41, 5.74) is 5.70. The largest absolute Gasteiger partial charge is 0.364 e. The second-order valence-corrected chi connectivity index (χ2v) is 3.13. The van der Waals surface area contributed by atoms with Crippen LogP contribution >= 0.6 is 0 Å². The van der Waals surface area contributed by atoms with Gasteiger partial charge >= 0.3 is 0 Å². The molecule has 0 saturated carbocycles. The van der Waals surface area contributed by atoms with E-state index in [1.54, 1.807) is 0 Å². The van der Waals surface area contributed by atoms with Crippen molar-refractivity contribution in [1.29, 1.82) is 0 Å². The molecule has 60 valence electrons. The van der Waals surface area contributed by atoms with Gasteiger partial charge in [0, 0.05) is 18.6 Å². The molecule has 0 aromatic rings. The lowest BCUT2D eigenvalue weighted by Crippen LogP contribution is -2.49. The molecule has 0 amide bonds. The Kier molecular flexibility index (Phi) is 2.65. The Morgan fingerprint density at radius 1 is 1.60 bits per heavy atom. The van der Waals surface area contributed by atoms with Crippen LogP contribution < -0.4 is 5.73 Å². The average molecular weight is 144 g/mol. The molecule has 0 spiro atoms. The van der Waals surface area contributed by atoms with Gasteiger partial charge in [0.05, 0.1) is 13.3 Å². The minimum Gasteiger partial charge on any atom is -0.364 e. The van der Waals surface area contributed by atoms with E-state index in [1.807, 2.05) is 0 Å². The molecule has 0 aromatic carbocycles. The molecule has 3 heteroatoms. The zero-order chi connectivity index (χ0) is 7.56. The Balaban J connectivity index is 2.32. The maximum Gasteiger partial charge on any atom is 0.0993 e. The van der Waals surface area contributed by atoms with Gasteiger partial charge < -0.3 is 10.5 Å². The van der Waals surface area contributed by atoms with Crippen LogP contribution in [0.5, 0.6) is 0 Å². The van der Waals surface area contributed by atoms with Gasteiger partial charge in [0.2, 0.25) is 0 Å². The van der Waals surface area contributed by atoms with E-state index in [9.17, 15) is 0 Å². The Labute approximate surface area is 62.1 Å². The van der Waals surface area contributed by atoms with Gasteiger partial charge in [0.25, 0.3) is 0 Å². The summed E-state index contributed by atoms with van der Waals surface area (Å²) in [7, 11) is 0. The summed E-state index contributed by atoms with van der Waals surface area (Å²) in [4.78, 5) is 2.23. The van der Waals surface area contributed by atoms with Gasteiger partial charge in [-0.25, -0.2) is 0 Å². The predicted molar refractivity (Wildman–Crippen MR) is 40.6 cm³/mol. The van der Waals surface area contributed by atoms with Crippen molar-refractivity contribution in [3.63, 3.8) is 0 Å². The molecule has 0 bridgehead atoms. The van der Waals surface area contributed by atoms with Crippen LogP contribution in [-0.4, -0.2) is 36.9 Å². The highest BCUT2D eigenvalue weighted by molar-refractivity contribution is 4.72. The fourth-order valence-electron chi connectivity index (χ4n) is 1.09. The van der Waals surface area contributed by atoms with Gasteiger partial charge in [0.15, 0.2) is 0 Å². The SMILES string of the molecule is CC(C)N1COCC(N)C1. The van der Waals surface area contributed by atoms with Gasteiger partial charge in [-0.3, -0.25) is 4.90 Å². The minimum absolute atomic E-state index is 0.205. The third-order valence-corrected chi connectivity index (χ3v) is 1.79. The minimum atomic E-state index is 0.205. The summed E-state index contributed by atoms with van der Waals surface area (Å²) in [5.74, 6) is 0.